The molecule has 1 aromatic carbocycles. The van der Waals surface area contributed by atoms with Crippen molar-refractivity contribution in [2.75, 3.05) is 47.5 Å². The molecule has 134 valence electrons. The number of fused-ring (bicyclic) bond motifs is 1. The fourth-order valence-electron chi connectivity index (χ4n) is 3.60. The Balaban J connectivity index is 1.73. The molecule has 2 aliphatic heterocycles. The molecule has 0 spiro atoms. The lowest BCUT2D eigenvalue weighted by molar-refractivity contribution is 0.243. The number of hydrogen-bond acceptors (Lipinski definition) is 5. The van der Waals surface area contributed by atoms with Crippen LogP contribution in [0.2, 0.25) is 0 Å². The minimum absolute atomic E-state index is 0.695. The number of nitrogens with zero attached hydrogens (tertiary/aromatic N) is 2. The van der Waals surface area contributed by atoms with Gasteiger partial charge >= 0.3 is 0 Å². The average molecular weight is 334 g/mol. The summed E-state index contributed by atoms with van der Waals surface area (Å²) in [4.78, 5) is 4.89. The van der Waals surface area contributed by atoms with E-state index in [0.717, 1.165) is 43.3 Å². The quantitative estimate of drug-likeness (QED) is 0.846. The third kappa shape index (κ3) is 4.14. The van der Waals surface area contributed by atoms with Crippen molar-refractivity contribution in [1.29, 1.82) is 0 Å². The molecule has 2 aliphatic rings. The molecule has 1 saturated heterocycles. The van der Waals surface area contributed by atoms with Crippen molar-refractivity contribution in [3.63, 3.8) is 0 Å². The summed E-state index contributed by atoms with van der Waals surface area (Å²) in [5.41, 5.74) is 1.19. The summed E-state index contributed by atoms with van der Waals surface area (Å²) in [6.45, 7) is 4.59. The maximum atomic E-state index is 5.85. The van der Waals surface area contributed by atoms with Crippen LogP contribution in [0.4, 0.5) is 0 Å². The van der Waals surface area contributed by atoms with Crippen LogP contribution >= 0.6 is 0 Å². The Morgan fingerprint density at radius 3 is 2.54 bits per heavy atom. The lowest BCUT2D eigenvalue weighted by Gasteiger charge is -2.24. The molecule has 2 heterocycles. The molecule has 1 unspecified atom stereocenters. The zero-order chi connectivity index (χ0) is 16.9. The minimum Gasteiger partial charge on any atom is -0.496 e. The fraction of sp³-hybridized carbons (Fsp3) is 0.684. The Morgan fingerprint density at radius 2 is 1.83 bits per heavy atom. The molecule has 0 bridgehead atoms. The lowest BCUT2D eigenvalue weighted by atomic mass is 10.1. The third-order valence-electron chi connectivity index (χ3n) is 5.07. The first-order chi connectivity index (χ1) is 11.7. The van der Waals surface area contributed by atoms with Crippen LogP contribution in [0, 0.1) is 0 Å². The molecule has 1 fully saturated rings. The molecule has 1 atom stereocenters. The van der Waals surface area contributed by atoms with Crippen molar-refractivity contribution in [3.8, 4) is 17.2 Å². The van der Waals surface area contributed by atoms with Crippen molar-refractivity contribution < 1.29 is 14.2 Å². The molecule has 1 aromatic rings. The topological polar surface area (TPSA) is 34.2 Å². The number of hydrogen-bond donors (Lipinski definition) is 0. The molecule has 3 rings (SSSR count). The first-order valence-electron chi connectivity index (χ1n) is 9.02. The molecular weight excluding hydrogens is 304 g/mol. The number of likely N-dealkylation sites (tertiary alicyclic amines) is 1. The van der Waals surface area contributed by atoms with Crippen LogP contribution in [0.3, 0.4) is 0 Å². The van der Waals surface area contributed by atoms with Gasteiger partial charge in [-0.1, -0.05) is 0 Å². The Hall–Kier alpha value is -1.46. The van der Waals surface area contributed by atoms with E-state index in [0.29, 0.717) is 19.3 Å². The number of rotatable bonds is 4. The average Bonchev–Trinajstić information content (AvgIpc) is 2.94. The maximum absolute atomic E-state index is 5.85. The third-order valence-corrected chi connectivity index (χ3v) is 5.07. The second-order valence-electron chi connectivity index (χ2n) is 6.99. The van der Waals surface area contributed by atoms with Gasteiger partial charge in [0, 0.05) is 30.6 Å². The highest BCUT2D eigenvalue weighted by molar-refractivity contribution is 5.51. The standard InChI is InChI=1S/C19H30N2O3/c1-20(2)16-6-4-8-21(9-7-16)14-15-12-18-19(13-17(15)22-3)24-11-5-10-23-18/h12-13,16H,4-11,14H2,1-3H3. The normalized spacial score (nSPS) is 22.1. The smallest absolute Gasteiger partial charge is 0.164 e. The molecule has 5 nitrogen and oxygen atoms in total. The van der Waals surface area contributed by atoms with E-state index in [9.17, 15) is 0 Å². The van der Waals surface area contributed by atoms with E-state index >= 15 is 0 Å². The van der Waals surface area contributed by atoms with Gasteiger partial charge in [0.05, 0.1) is 20.3 Å². The van der Waals surface area contributed by atoms with Crippen LogP contribution in [0.15, 0.2) is 12.1 Å². The Morgan fingerprint density at radius 1 is 1.08 bits per heavy atom. The van der Waals surface area contributed by atoms with E-state index in [1.807, 2.05) is 6.07 Å². The summed E-state index contributed by atoms with van der Waals surface area (Å²) in [6, 6.07) is 4.78. The minimum atomic E-state index is 0.695. The fourth-order valence-corrected chi connectivity index (χ4v) is 3.60. The molecule has 0 aromatic heterocycles. The van der Waals surface area contributed by atoms with Crippen LogP contribution in [-0.2, 0) is 6.54 Å². The molecule has 5 heteroatoms. The van der Waals surface area contributed by atoms with Gasteiger partial charge in [-0.05, 0) is 52.5 Å². The summed E-state index contributed by atoms with van der Waals surface area (Å²) in [5, 5.41) is 0. The zero-order valence-electron chi connectivity index (χ0n) is 15.2. The Bertz CT molecular complexity index is 548. The van der Waals surface area contributed by atoms with Crippen LogP contribution < -0.4 is 14.2 Å². The largest absolute Gasteiger partial charge is 0.496 e. The van der Waals surface area contributed by atoms with E-state index in [1.54, 1.807) is 7.11 Å². The van der Waals surface area contributed by atoms with Crippen LogP contribution in [0.5, 0.6) is 17.2 Å². The predicted molar refractivity (Wildman–Crippen MR) is 95.2 cm³/mol. The van der Waals surface area contributed by atoms with Gasteiger partial charge in [0.1, 0.15) is 5.75 Å². The van der Waals surface area contributed by atoms with Crippen molar-refractivity contribution in [2.24, 2.45) is 0 Å². The van der Waals surface area contributed by atoms with Crippen LogP contribution in [-0.4, -0.2) is 63.4 Å². The lowest BCUT2D eigenvalue weighted by Crippen LogP contribution is -2.30. The van der Waals surface area contributed by atoms with Crippen molar-refractivity contribution in [1.82, 2.24) is 9.80 Å². The van der Waals surface area contributed by atoms with Gasteiger partial charge in [0.25, 0.3) is 0 Å². The monoisotopic (exact) mass is 334 g/mol. The van der Waals surface area contributed by atoms with E-state index < -0.39 is 0 Å². The number of ether oxygens (including phenoxy) is 3. The number of methoxy groups -OCH3 is 1. The van der Waals surface area contributed by atoms with Crippen molar-refractivity contribution in [2.45, 2.75) is 38.3 Å². The van der Waals surface area contributed by atoms with Crippen LogP contribution in [0.25, 0.3) is 0 Å². The summed E-state index contributed by atoms with van der Waals surface area (Å²) in [6.07, 6.45) is 4.67. The van der Waals surface area contributed by atoms with Crippen LogP contribution in [0.1, 0.15) is 31.2 Å². The first kappa shape index (κ1) is 17.4. The summed E-state index contributed by atoms with van der Waals surface area (Å²) >= 11 is 0. The maximum Gasteiger partial charge on any atom is 0.164 e. The van der Waals surface area contributed by atoms with Gasteiger partial charge < -0.3 is 19.1 Å². The molecule has 0 aliphatic carbocycles. The molecule has 24 heavy (non-hydrogen) atoms. The highest BCUT2D eigenvalue weighted by Crippen LogP contribution is 2.37. The SMILES string of the molecule is COc1cc2c(cc1CN1CCCC(N(C)C)CC1)OCCCO2. The van der Waals surface area contributed by atoms with Crippen molar-refractivity contribution in [3.05, 3.63) is 17.7 Å². The molecule has 0 saturated carbocycles. The second-order valence-corrected chi connectivity index (χ2v) is 6.99. The van der Waals surface area contributed by atoms with E-state index in [2.05, 4.69) is 30.0 Å². The van der Waals surface area contributed by atoms with Gasteiger partial charge in [-0.3, -0.25) is 4.90 Å². The summed E-state index contributed by atoms with van der Waals surface area (Å²) in [5.74, 6) is 2.55. The van der Waals surface area contributed by atoms with Gasteiger partial charge in [-0.25, -0.2) is 0 Å². The Kier molecular flexibility index (Phi) is 5.85. The molecule has 0 amide bonds. The van der Waals surface area contributed by atoms with Crippen molar-refractivity contribution >= 4 is 0 Å². The number of benzene rings is 1. The molecule has 0 N–H and O–H groups in total. The second kappa shape index (κ2) is 8.08. The summed E-state index contributed by atoms with van der Waals surface area (Å²) < 4.78 is 17.2. The first-order valence-corrected chi connectivity index (χ1v) is 9.02. The zero-order valence-corrected chi connectivity index (χ0v) is 15.2. The Labute approximate surface area is 145 Å². The van der Waals surface area contributed by atoms with E-state index in [1.165, 1.54) is 24.8 Å². The van der Waals surface area contributed by atoms with E-state index in [-0.39, 0.29) is 0 Å². The predicted octanol–water partition coefficient (Wildman–Crippen LogP) is 2.77. The highest BCUT2D eigenvalue weighted by Gasteiger charge is 2.21. The summed E-state index contributed by atoms with van der Waals surface area (Å²) in [7, 11) is 6.10. The molecule has 0 radical (unpaired) electrons. The van der Waals surface area contributed by atoms with Gasteiger partial charge in [0.15, 0.2) is 11.5 Å². The van der Waals surface area contributed by atoms with E-state index in [4.69, 9.17) is 14.2 Å². The van der Waals surface area contributed by atoms with Gasteiger partial charge in [0.2, 0.25) is 0 Å². The van der Waals surface area contributed by atoms with Gasteiger partial charge in [-0.15, -0.1) is 0 Å². The van der Waals surface area contributed by atoms with Gasteiger partial charge in [-0.2, -0.15) is 0 Å². The molecular formula is C19H30N2O3. The highest BCUT2D eigenvalue weighted by atomic mass is 16.5.